The number of carbonyl (C=O) groups excluding carboxylic acids is 1. The molecule has 0 spiro atoms. The minimum Gasteiger partial charge on any atom is -0.478 e. The molecule has 0 aliphatic heterocycles. The fourth-order valence-electron chi connectivity index (χ4n) is 2.28. The van der Waals surface area contributed by atoms with E-state index in [2.05, 4.69) is 26.1 Å². The molecule has 25 heavy (non-hydrogen) atoms. The second-order valence-electron chi connectivity index (χ2n) is 6.65. The molecule has 0 heterocycles. The molecule has 0 bridgehead atoms. The first-order chi connectivity index (χ1) is 11.6. The van der Waals surface area contributed by atoms with Crippen molar-refractivity contribution in [2.75, 3.05) is 5.32 Å². The number of benzene rings is 2. The highest BCUT2D eigenvalue weighted by molar-refractivity contribution is 6.08. The maximum absolute atomic E-state index is 12.4. The van der Waals surface area contributed by atoms with Gasteiger partial charge in [0.1, 0.15) is 0 Å². The van der Waals surface area contributed by atoms with Crippen LogP contribution < -0.4 is 5.32 Å². The van der Waals surface area contributed by atoms with E-state index >= 15 is 0 Å². The zero-order valence-corrected chi connectivity index (χ0v) is 14.2. The van der Waals surface area contributed by atoms with Crippen LogP contribution in [0, 0.1) is 0 Å². The standard InChI is InChI=1S/C19H19NO5/c1-19(2,3)13-7-4-11(5-8-13)16(21)20-15-10-12(17(22)23)6-9-14(15)18(24)25/h4-10H,1-3H3,(H,20,21)(H,22,23)(H,24,25). The van der Waals surface area contributed by atoms with Gasteiger partial charge in [0.2, 0.25) is 0 Å². The first-order valence-electron chi connectivity index (χ1n) is 7.62. The Morgan fingerprint density at radius 3 is 1.88 bits per heavy atom. The van der Waals surface area contributed by atoms with Crippen molar-refractivity contribution in [2.45, 2.75) is 26.2 Å². The van der Waals surface area contributed by atoms with E-state index in [4.69, 9.17) is 5.11 Å². The minimum atomic E-state index is -1.25. The summed E-state index contributed by atoms with van der Waals surface area (Å²) in [7, 11) is 0. The summed E-state index contributed by atoms with van der Waals surface area (Å²) in [5, 5.41) is 20.7. The Hall–Kier alpha value is -3.15. The minimum absolute atomic E-state index is 0.0543. The van der Waals surface area contributed by atoms with Crippen LogP contribution in [-0.4, -0.2) is 28.1 Å². The molecule has 0 saturated heterocycles. The van der Waals surface area contributed by atoms with Gasteiger partial charge in [-0.2, -0.15) is 0 Å². The first-order valence-corrected chi connectivity index (χ1v) is 7.62. The van der Waals surface area contributed by atoms with Gasteiger partial charge in [0.05, 0.1) is 16.8 Å². The van der Waals surface area contributed by atoms with Crippen molar-refractivity contribution in [1.29, 1.82) is 0 Å². The molecular weight excluding hydrogens is 322 g/mol. The quantitative estimate of drug-likeness (QED) is 0.788. The van der Waals surface area contributed by atoms with Crippen molar-refractivity contribution in [2.24, 2.45) is 0 Å². The van der Waals surface area contributed by atoms with Crippen LogP contribution in [0.25, 0.3) is 0 Å². The second kappa shape index (κ2) is 6.76. The number of carboxylic acids is 2. The third-order valence-corrected chi connectivity index (χ3v) is 3.76. The molecular formula is C19H19NO5. The van der Waals surface area contributed by atoms with Gasteiger partial charge >= 0.3 is 11.9 Å². The Morgan fingerprint density at radius 1 is 0.840 bits per heavy atom. The van der Waals surface area contributed by atoms with E-state index in [-0.39, 0.29) is 22.2 Å². The van der Waals surface area contributed by atoms with Crippen molar-refractivity contribution in [1.82, 2.24) is 0 Å². The molecule has 1 amide bonds. The van der Waals surface area contributed by atoms with Crippen LogP contribution in [0.4, 0.5) is 5.69 Å². The smallest absolute Gasteiger partial charge is 0.337 e. The van der Waals surface area contributed by atoms with Gasteiger partial charge in [-0.05, 0) is 41.3 Å². The van der Waals surface area contributed by atoms with Crippen LogP contribution in [-0.2, 0) is 5.41 Å². The summed E-state index contributed by atoms with van der Waals surface area (Å²) in [5.41, 5.74) is 1.01. The summed E-state index contributed by atoms with van der Waals surface area (Å²) in [6, 6.07) is 10.4. The van der Waals surface area contributed by atoms with Crippen LogP contribution in [0.15, 0.2) is 42.5 Å². The number of aromatic carboxylic acids is 2. The Kier molecular flexibility index (Phi) is 4.92. The van der Waals surface area contributed by atoms with E-state index in [0.717, 1.165) is 17.7 Å². The third-order valence-electron chi connectivity index (χ3n) is 3.76. The molecule has 0 saturated carbocycles. The fourth-order valence-corrected chi connectivity index (χ4v) is 2.28. The average Bonchev–Trinajstić information content (AvgIpc) is 2.53. The lowest BCUT2D eigenvalue weighted by Crippen LogP contribution is -2.16. The lowest BCUT2D eigenvalue weighted by atomic mass is 9.86. The zero-order valence-electron chi connectivity index (χ0n) is 14.2. The molecule has 0 atom stereocenters. The van der Waals surface area contributed by atoms with Gasteiger partial charge in [-0.3, -0.25) is 4.79 Å². The summed E-state index contributed by atoms with van der Waals surface area (Å²) < 4.78 is 0. The molecule has 0 radical (unpaired) electrons. The monoisotopic (exact) mass is 341 g/mol. The van der Waals surface area contributed by atoms with Crippen molar-refractivity contribution in [3.8, 4) is 0 Å². The van der Waals surface area contributed by atoms with Gasteiger partial charge in [0.15, 0.2) is 0 Å². The Balaban J connectivity index is 2.32. The van der Waals surface area contributed by atoms with Crippen LogP contribution in [0.2, 0.25) is 0 Å². The van der Waals surface area contributed by atoms with Crippen LogP contribution in [0.5, 0.6) is 0 Å². The average molecular weight is 341 g/mol. The van der Waals surface area contributed by atoms with E-state index in [0.29, 0.717) is 5.56 Å². The Bertz CT molecular complexity index is 832. The topological polar surface area (TPSA) is 104 Å². The predicted octanol–water partition coefficient (Wildman–Crippen LogP) is 3.63. The zero-order chi connectivity index (χ0) is 18.8. The predicted molar refractivity (Wildman–Crippen MR) is 93.5 cm³/mol. The van der Waals surface area contributed by atoms with Gasteiger partial charge in [0.25, 0.3) is 5.91 Å². The van der Waals surface area contributed by atoms with E-state index in [1.807, 2.05) is 12.1 Å². The van der Waals surface area contributed by atoms with Gasteiger partial charge in [0, 0.05) is 5.56 Å². The number of carboxylic acid groups (broad SMARTS) is 2. The molecule has 6 nitrogen and oxygen atoms in total. The van der Waals surface area contributed by atoms with Crippen molar-refractivity contribution in [3.05, 3.63) is 64.7 Å². The van der Waals surface area contributed by atoms with E-state index in [9.17, 15) is 19.5 Å². The number of hydrogen-bond donors (Lipinski definition) is 3. The summed E-state index contributed by atoms with van der Waals surface area (Å²) in [5.74, 6) is -2.97. The molecule has 2 aromatic carbocycles. The molecule has 0 aromatic heterocycles. The van der Waals surface area contributed by atoms with Crippen LogP contribution in [0.1, 0.15) is 57.4 Å². The van der Waals surface area contributed by atoms with Gasteiger partial charge in [-0.15, -0.1) is 0 Å². The van der Waals surface area contributed by atoms with Crippen LogP contribution >= 0.6 is 0 Å². The fraction of sp³-hybridized carbons (Fsp3) is 0.211. The Morgan fingerprint density at radius 2 is 1.40 bits per heavy atom. The van der Waals surface area contributed by atoms with Gasteiger partial charge in [-0.1, -0.05) is 32.9 Å². The molecule has 0 unspecified atom stereocenters. The summed E-state index contributed by atoms with van der Waals surface area (Å²) in [6.07, 6.45) is 0. The summed E-state index contributed by atoms with van der Waals surface area (Å²) in [6.45, 7) is 6.16. The summed E-state index contributed by atoms with van der Waals surface area (Å²) in [4.78, 5) is 34.7. The van der Waals surface area contributed by atoms with E-state index in [1.165, 1.54) is 6.07 Å². The number of amides is 1. The van der Waals surface area contributed by atoms with Crippen molar-refractivity contribution < 1.29 is 24.6 Å². The number of hydrogen-bond acceptors (Lipinski definition) is 3. The maximum Gasteiger partial charge on any atom is 0.337 e. The third kappa shape index (κ3) is 4.23. The molecule has 6 heteroatoms. The molecule has 130 valence electrons. The number of anilines is 1. The number of carbonyl (C=O) groups is 3. The molecule has 2 aromatic rings. The highest BCUT2D eigenvalue weighted by atomic mass is 16.4. The highest BCUT2D eigenvalue weighted by Gasteiger charge is 2.17. The lowest BCUT2D eigenvalue weighted by molar-refractivity contribution is 0.0682. The lowest BCUT2D eigenvalue weighted by Gasteiger charge is -2.19. The second-order valence-corrected chi connectivity index (χ2v) is 6.65. The number of rotatable bonds is 4. The molecule has 2 rings (SSSR count). The molecule has 0 aliphatic carbocycles. The van der Waals surface area contributed by atoms with Crippen LogP contribution in [0.3, 0.4) is 0 Å². The molecule has 3 N–H and O–H groups in total. The highest BCUT2D eigenvalue weighted by Crippen LogP contribution is 2.23. The molecule has 0 aliphatic rings. The maximum atomic E-state index is 12.4. The van der Waals surface area contributed by atoms with Crippen molar-refractivity contribution >= 4 is 23.5 Å². The normalized spacial score (nSPS) is 11.0. The number of nitrogens with one attached hydrogen (secondary N) is 1. The largest absolute Gasteiger partial charge is 0.478 e. The first kappa shape index (κ1) is 18.2. The molecule has 0 fully saturated rings. The Labute approximate surface area is 145 Å². The van der Waals surface area contributed by atoms with E-state index < -0.39 is 17.8 Å². The van der Waals surface area contributed by atoms with Gasteiger partial charge < -0.3 is 15.5 Å². The van der Waals surface area contributed by atoms with Gasteiger partial charge in [-0.25, -0.2) is 9.59 Å². The SMILES string of the molecule is CC(C)(C)c1ccc(C(=O)Nc2cc(C(=O)O)ccc2C(=O)O)cc1. The van der Waals surface area contributed by atoms with Crippen molar-refractivity contribution in [3.63, 3.8) is 0 Å². The van der Waals surface area contributed by atoms with E-state index in [1.54, 1.807) is 12.1 Å². The summed E-state index contributed by atoms with van der Waals surface area (Å²) >= 11 is 0.